The molecule has 1 aromatic carbocycles. The van der Waals surface area contributed by atoms with Gasteiger partial charge in [-0.1, -0.05) is 18.9 Å². The van der Waals surface area contributed by atoms with E-state index in [1.165, 1.54) is 12.0 Å². The molecule has 0 saturated carbocycles. The number of carbonyl (C=O) groups is 4. The number of hydrogen-bond acceptors (Lipinski definition) is 14. The van der Waals surface area contributed by atoms with Crippen LogP contribution in [0.4, 0.5) is 11.5 Å². The summed E-state index contributed by atoms with van der Waals surface area (Å²) in [7, 11) is 1.63. The number of hydrogen-bond donors (Lipinski definition) is 1. The normalized spacial score (nSPS) is 21.5. The number of imide groups is 1. The highest BCUT2D eigenvalue weighted by molar-refractivity contribution is 6.05. The number of aromatic nitrogens is 4. The predicted molar refractivity (Wildman–Crippen MR) is 273 cm³/mol. The molecule has 7 aliphatic rings. The average molecular weight is 989 g/mol. The largest absolute Gasteiger partial charge is 0.492 e. The van der Waals surface area contributed by atoms with Crippen molar-refractivity contribution < 1.29 is 28.7 Å². The standard InChI is InChI=1S/C55H64N12O6/c1-72-51-14-7-38(28-58-51)31-65-43-25-44(65)34-64(33-43)49-12-8-39(29-57-49)47-26-45(35-67-53(47)41(27-56)30-59-67)73-36-37-15-18-63(19-16-37)52(69)6-4-2-3-5-17-61-20-22-62(23-21-61)42-9-10-46-40(24-42)32-66(55(46)71)48-11-13-50(68)60-54(48)70/h7-10,12,14,24,26,28-30,35,37,43-44,48H,2-6,11,13,15-23,25,31-34,36H2,1H3,(H,60,68,70)/t43-,44+,48?. The first-order valence-electron chi connectivity index (χ1n) is 26.2. The molecule has 6 fully saturated rings. The number of unbranched alkanes of at least 4 members (excludes halogenated alkanes) is 3. The molecule has 2 bridgehead atoms. The highest BCUT2D eigenvalue weighted by Gasteiger charge is 2.45. The first kappa shape index (κ1) is 48.2. The van der Waals surface area contributed by atoms with Gasteiger partial charge in [-0.15, -0.1) is 0 Å². The van der Waals surface area contributed by atoms with E-state index in [4.69, 9.17) is 14.5 Å². The van der Waals surface area contributed by atoms with Crippen LogP contribution in [0.5, 0.6) is 11.6 Å². The number of piperidine rings is 3. The minimum Gasteiger partial charge on any atom is -0.492 e. The van der Waals surface area contributed by atoms with Crippen LogP contribution in [0.25, 0.3) is 16.6 Å². The Hall–Kier alpha value is -7.10. The Kier molecular flexibility index (Phi) is 14.0. The number of ether oxygens (including phenoxy) is 2. The number of amides is 4. The van der Waals surface area contributed by atoms with Crippen molar-refractivity contribution in [2.75, 3.05) is 82.4 Å². The molecule has 380 valence electrons. The minimum atomic E-state index is -0.605. The molecular weight excluding hydrogens is 925 g/mol. The van der Waals surface area contributed by atoms with Crippen molar-refractivity contribution in [3.63, 3.8) is 0 Å². The molecule has 1 N–H and O–H groups in total. The fourth-order valence-corrected chi connectivity index (χ4v) is 11.9. The topological polar surface area (TPSA) is 185 Å². The monoisotopic (exact) mass is 989 g/mol. The van der Waals surface area contributed by atoms with Crippen LogP contribution in [-0.2, 0) is 27.5 Å². The summed E-state index contributed by atoms with van der Waals surface area (Å²) in [5, 5.41) is 16.9. The molecule has 7 aliphatic heterocycles. The Balaban J connectivity index is 0.587. The summed E-state index contributed by atoms with van der Waals surface area (Å²) in [6.45, 7) is 9.94. The number of piperazine rings is 2. The summed E-state index contributed by atoms with van der Waals surface area (Å²) in [5.74, 6) is 2.02. The number of nitriles is 1. The molecule has 3 atom stereocenters. The van der Waals surface area contributed by atoms with Crippen LogP contribution < -0.4 is 24.6 Å². The van der Waals surface area contributed by atoms with Crippen LogP contribution in [0.1, 0.15) is 91.3 Å². The lowest BCUT2D eigenvalue weighted by atomic mass is 9.87. The van der Waals surface area contributed by atoms with E-state index in [0.717, 1.165) is 138 Å². The van der Waals surface area contributed by atoms with E-state index in [0.29, 0.717) is 66.8 Å². The number of pyridine rings is 3. The zero-order valence-corrected chi connectivity index (χ0v) is 41.7. The Morgan fingerprint density at radius 1 is 0.849 bits per heavy atom. The van der Waals surface area contributed by atoms with Gasteiger partial charge in [-0.05, 0) is 98.5 Å². The number of nitrogens with zero attached hydrogens (tertiary/aromatic N) is 11. The second-order valence-electron chi connectivity index (χ2n) is 20.7. The van der Waals surface area contributed by atoms with Crippen molar-refractivity contribution in [1.82, 2.24) is 44.5 Å². The summed E-state index contributed by atoms with van der Waals surface area (Å²) in [6, 6.07) is 18.8. The molecule has 18 heteroatoms. The summed E-state index contributed by atoms with van der Waals surface area (Å²) in [5.41, 5.74) is 6.83. The van der Waals surface area contributed by atoms with Crippen LogP contribution in [0.2, 0.25) is 0 Å². The van der Waals surface area contributed by atoms with Gasteiger partial charge in [0, 0.05) is 131 Å². The van der Waals surface area contributed by atoms with E-state index in [1.54, 1.807) is 22.7 Å². The highest BCUT2D eigenvalue weighted by atomic mass is 16.5. The second-order valence-corrected chi connectivity index (χ2v) is 20.7. The van der Waals surface area contributed by atoms with Gasteiger partial charge in [-0.3, -0.25) is 34.3 Å². The summed E-state index contributed by atoms with van der Waals surface area (Å²) in [4.78, 5) is 73.3. The number of anilines is 2. The van der Waals surface area contributed by atoms with Gasteiger partial charge in [0.1, 0.15) is 23.7 Å². The molecule has 73 heavy (non-hydrogen) atoms. The van der Waals surface area contributed by atoms with Gasteiger partial charge in [-0.2, -0.15) is 10.4 Å². The first-order chi connectivity index (χ1) is 35.7. The van der Waals surface area contributed by atoms with Gasteiger partial charge in [-0.25, -0.2) is 14.5 Å². The lowest BCUT2D eigenvalue weighted by molar-refractivity contribution is -0.137. The Labute approximate surface area is 425 Å². The minimum absolute atomic E-state index is 0.142. The Morgan fingerprint density at radius 2 is 1.67 bits per heavy atom. The number of fused-ring (bicyclic) bond motifs is 4. The van der Waals surface area contributed by atoms with Crippen molar-refractivity contribution in [2.24, 2.45) is 5.92 Å². The third kappa shape index (κ3) is 10.3. The molecule has 11 heterocycles. The predicted octanol–water partition coefficient (Wildman–Crippen LogP) is 5.29. The fraction of sp³-hybridized carbons (Fsp3) is 0.491. The molecule has 0 aliphatic carbocycles. The number of benzene rings is 1. The molecule has 18 nitrogen and oxygen atoms in total. The molecule has 0 spiro atoms. The van der Waals surface area contributed by atoms with Gasteiger partial charge in [0.25, 0.3) is 5.91 Å². The number of likely N-dealkylation sites (tertiary alicyclic amines) is 1. The summed E-state index contributed by atoms with van der Waals surface area (Å²) < 4.78 is 13.4. The Morgan fingerprint density at radius 3 is 2.41 bits per heavy atom. The lowest BCUT2D eigenvalue weighted by Crippen LogP contribution is -2.68. The van der Waals surface area contributed by atoms with Crippen molar-refractivity contribution in [1.29, 1.82) is 5.26 Å². The summed E-state index contributed by atoms with van der Waals surface area (Å²) >= 11 is 0. The SMILES string of the molecule is COc1ccc(CN2[C@@H]3C[C@H]2CN(c2ccc(-c4cc(OCC5CCN(C(=O)CCCCCCN6CCN(c7ccc8c(c7)CN(C7CCC(=O)NC7=O)C8=O)CC6)CC5)cn5ncc(C#N)c45)cn2)C3)cn1. The number of nitrogens with one attached hydrogen (secondary N) is 1. The van der Waals surface area contributed by atoms with Gasteiger partial charge < -0.3 is 29.1 Å². The molecule has 0 radical (unpaired) electrons. The third-order valence-corrected chi connectivity index (χ3v) is 16.1. The van der Waals surface area contributed by atoms with Crippen LogP contribution in [-0.4, -0.2) is 154 Å². The number of rotatable bonds is 17. The average Bonchev–Trinajstić information content (AvgIpc) is 4.00. The molecule has 12 rings (SSSR count). The first-order valence-corrected chi connectivity index (χ1v) is 26.2. The third-order valence-electron chi connectivity index (χ3n) is 16.1. The van der Waals surface area contributed by atoms with Crippen molar-refractivity contribution in [3.05, 3.63) is 95.6 Å². The van der Waals surface area contributed by atoms with E-state index >= 15 is 0 Å². The fourth-order valence-electron chi connectivity index (χ4n) is 11.9. The maximum Gasteiger partial charge on any atom is 0.255 e. The van der Waals surface area contributed by atoms with Crippen LogP contribution in [0.15, 0.2) is 73.3 Å². The van der Waals surface area contributed by atoms with E-state index in [2.05, 4.69) is 65.3 Å². The maximum absolute atomic E-state index is 13.2. The van der Waals surface area contributed by atoms with Crippen molar-refractivity contribution in [2.45, 2.75) is 95.4 Å². The van der Waals surface area contributed by atoms with E-state index in [1.807, 2.05) is 47.8 Å². The molecule has 4 amide bonds. The summed E-state index contributed by atoms with van der Waals surface area (Å²) in [6.07, 6.45) is 15.6. The van der Waals surface area contributed by atoms with Crippen LogP contribution >= 0.6 is 0 Å². The van der Waals surface area contributed by atoms with E-state index in [9.17, 15) is 24.4 Å². The number of carbonyl (C=O) groups excluding carboxylic acids is 4. The molecule has 4 aromatic heterocycles. The van der Waals surface area contributed by atoms with Gasteiger partial charge >= 0.3 is 0 Å². The smallest absolute Gasteiger partial charge is 0.255 e. The maximum atomic E-state index is 13.2. The van der Waals surface area contributed by atoms with E-state index in [-0.39, 0.29) is 30.0 Å². The molecular formula is C55H64N12O6. The lowest BCUT2D eigenvalue weighted by Gasteiger charge is -2.56. The zero-order valence-electron chi connectivity index (χ0n) is 41.7. The zero-order chi connectivity index (χ0) is 50.0. The number of methoxy groups -OCH3 is 1. The van der Waals surface area contributed by atoms with Gasteiger partial charge in [0.2, 0.25) is 23.6 Å². The molecule has 6 saturated heterocycles. The van der Waals surface area contributed by atoms with Crippen molar-refractivity contribution >= 4 is 40.7 Å². The second kappa shape index (κ2) is 21.2. The highest BCUT2D eigenvalue weighted by Crippen LogP contribution is 2.37. The van der Waals surface area contributed by atoms with E-state index < -0.39 is 6.04 Å². The molecule has 1 unspecified atom stereocenters. The van der Waals surface area contributed by atoms with Gasteiger partial charge in [0.05, 0.1) is 37.2 Å². The Bertz CT molecular complexity index is 2870. The van der Waals surface area contributed by atoms with Crippen LogP contribution in [0, 0.1) is 17.2 Å². The van der Waals surface area contributed by atoms with Crippen molar-refractivity contribution in [3.8, 4) is 28.8 Å². The quantitative estimate of drug-likeness (QED) is 0.0937. The molecule has 5 aromatic rings. The van der Waals surface area contributed by atoms with Gasteiger partial charge in [0.15, 0.2) is 0 Å². The van der Waals surface area contributed by atoms with Crippen LogP contribution in [0.3, 0.4) is 0 Å².